The van der Waals surface area contributed by atoms with Gasteiger partial charge in [0.15, 0.2) is 0 Å². The van der Waals surface area contributed by atoms with Gasteiger partial charge in [-0.25, -0.2) is 8.42 Å². The number of amides is 1. The number of hydrogen-bond donors (Lipinski definition) is 0. The molecule has 1 fully saturated rings. The Hall–Kier alpha value is -1.96. The Kier molecular flexibility index (Phi) is 6.84. The van der Waals surface area contributed by atoms with E-state index in [9.17, 15) is 13.2 Å². The first-order chi connectivity index (χ1) is 14.1. The molecule has 164 valence electrons. The molecule has 1 aliphatic heterocycles. The molecule has 0 aliphatic carbocycles. The second kappa shape index (κ2) is 9.04. The molecule has 6 nitrogen and oxygen atoms in total. The number of carbonyl (C=O) groups is 1. The lowest BCUT2D eigenvalue weighted by molar-refractivity contribution is -0.140. The molecular weight excluding hydrogens is 398 g/mol. The minimum atomic E-state index is -3.55. The number of sulfonamides is 1. The standard InChI is InChI=1S/C23H33N3O3S/c1-17(2)26(18(3)4)23(27)19(5)24-12-14-25(15-13-24)30(28,29)22-11-10-20-8-6-7-9-21(20)16-22/h6-11,16-19H,12-15H2,1-5H3/t19-/m0/s1. The number of nitrogens with zero attached hydrogens (tertiary/aromatic N) is 3. The van der Waals surface area contributed by atoms with E-state index in [1.165, 1.54) is 4.31 Å². The summed E-state index contributed by atoms with van der Waals surface area (Å²) in [6.07, 6.45) is 0. The van der Waals surface area contributed by atoms with Gasteiger partial charge in [0.2, 0.25) is 15.9 Å². The molecule has 2 aromatic rings. The highest BCUT2D eigenvalue weighted by atomic mass is 32.2. The molecule has 1 heterocycles. The zero-order valence-electron chi connectivity index (χ0n) is 18.6. The van der Waals surface area contributed by atoms with Crippen LogP contribution in [0.5, 0.6) is 0 Å². The summed E-state index contributed by atoms with van der Waals surface area (Å²) in [6.45, 7) is 11.9. The molecule has 0 aromatic heterocycles. The van der Waals surface area contributed by atoms with E-state index in [-0.39, 0.29) is 24.0 Å². The smallest absolute Gasteiger partial charge is 0.243 e. The van der Waals surface area contributed by atoms with Crippen molar-refractivity contribution in [1.82, 2.24) is 14.1 Å². The van der Waals surface area contributed by atoms with Gasteiger partial charge in [-0.3, -0.25) is 9.69 Å². The van der Waals surface area contributed by atoms with Gasteiger partial charge in [-0.05, 0) is 57.5 Å². The van der Waals surface area contributed by atoms with Crippen LogP contribution in [0.3, 0.4) is 0 Å². The van der Waals surface area contributed by atoms with E-state index in [1.807, 2.05) is 69.9 Å². The third-order valence-corrected chi connectivity index (χ3v) is 7.80. The molecule has 0 spiro atoms. The first-order valence-electron chi connectivity index (χ1n) is 10.7. The summed E-state index contributed by atoms with van der Waals surface area (Å²) in [4.78, 5) is 17.3. The zero-order chi connectivity index (χ0) is 22.1. The maximum atomic E-state index is 13.2. The van der Waals surface area contributed by atoms with Crippen molar-refractivity contribution in [2.45, 2.75) is 57.6 Å². The van der Waals surface area contributed by atoms with Gasteiger partial charge in [-0.15, -0.1) is 0 Å². The topological polar surface area (TPSA) is 60.9 Å². The predicted octanol–water partition coefficient (Wildman–Crippen LogP) is 3.18. The largest absolute Gasteiger partial charge is 0.336 e. The molecule has 1 aliphatic rings. The van der Waals surface area contributed by atoms with Crippen LogP contribution in [0.4, 0.5) is 0 Å². The lowest BCUT2D eigenvalue weighted by Crippen LogP contribution is -2.57. The van der Waals surface area contributed by atoms with Crippen molar-refractivity contribution in [1.29, 1.82) is 0 Å². The fourth-order valence-electron chi connectivity index (χ4n) is 4.29. The maximum absolute atomic E-state index is 13.2. The molecule has 0 N–H and O–H groups in total. The summed E-state index contributed by atoms with van der Waals surface area (Å²) in [5.41, 5.74) is 0. The Bertz CT molecular complexity index is 988. The van der Waals surface area contributed by atoms with Gasteiger partial charge in [-0.1, -0.05) is 30.3 Å². The van der Waals surface area contributed by atoms with E-state index in [0.717, 1.165) is 10.8 Å². The highest BCUT2D eigenvalue weighted by molar-refractivity contribution is 7.89. The molecule has 0 unspecified atom stereocenters. The van der Waals surface area contributed by atoms with Crippen molar-refractivity contribution in [3.63, 3.8) is 0 Å². The van der Waals surface area contributed by atoms with Gasteiger partial charge in [0, 0.05) is 38.3 Å². The highest BCUT2D eigenvalue weighted by Gasteiger charge is 2.34. The van der Waals surface area contributed by atoms with Gasteiger partial charge in [0.1, 0.15) is 0 Å². The molecule has 1 amide bonds. The number of hydrogen-bond acceptors (Lipinski definition) is 4. The van der Waals surface area contributed by atoms with Crippen LogP contribution >= 0.6 is 0 Å². The SMILES string of the molecule is CC(C)N(C(=O)[C@H](C)N1CCN(S(=O)(=O)c2ccc3ccccc3c2)CC1)C(C)C. The number of benzene rings is 2. The van der Waals surface area contributed by atoms with Crippen molar-refractivity contribution >= 4 is 26.7 Å². The van der Waals surface area contributed by atoms with Gasteiger partial charge in [0.05, 0.1) is 10.9 Å². The van der Waals surface area contributed by atoms with Crippen molar-refractivity contribution in [2.24, 2.45) is 0 Å². The van der Waals surface area contributed by atoms with Gasteiger partial charge in [-0.2, -0.15) is 4.31 Å². The van der Waals surface area contributed by atoms with Crippen molar-refractivity contribution < 1.29 is 13.2 Å². The van der Waals surface area contributed by atoms with Crippen molar-refractivity contribution in [2.75, 3.05) is 26.2 Å². The van der Waals surface area contributed by atoms with Crippen LogP contribution in [0, 0.1) is 0 Å². The first-order valence-corrected chi connectivity index (χ1v) is 12.1. The molecule has 0 saturated carbocycles. The zero-order valence-corrected chi connectivity index (χ0v) is 19.4. The average molecular weight is 432 g/mol. The van der Waals surface area contributed by atoms with Crippen LogP contribution in [0.1, 0.15) is 34.6 Å². The second-order valence-electron chi connectivity index (χ2n) is 8.56. The first kappa shape index (κ1) is 22.7. The van der Waals surface area contributed by atoms with Crippen LogP contribution in [0.15, 0.2) is 47.4 Å². The van der Waals surface area contributed by atoms with Gasteiger partial charge in [0.25, 0.3) is 0 Å². The summed E-state index contributed by atoms with van der Waals surface area (Å²) in [5, 5.41) is 1.94. The van der Waals surface area contributed by atoms with Crippen LogP contribution < -0.4 is 0 Å². The fourth-order valence-corrected chi connectivity index (χ4v) is 5.74. The average Bonchev–Trinajstić information content (AvgIpc) is 2.72. The minimum absolute atomic E-state index is 0.103. The Morgan fingerprint density at radius 2 is 1.43 bits per heavy atom. The summed E-state index contributed by atoms with van der Waals surface area (Å²) >= 11 is 0. The van der Waals surface area contributed by atoms with Crippen LogP contribution in [-0.2, 0) is 14.8 Å². The number of piperazine rings is 1. The van der Waals surface area contributed by atoms with Crippen LogP contribution in [0.2, 0.25) is 0 Å². The quantitative estimate of drug-likeness (QED) is 0.705. The molecule has 1 saturated heterocycles. The van der Waals surface area contributed by atoms with E-state index in [2.05, 4.69) is 4.90 Å². The monoisotopic (exact) mass is 431 g/mol. The maximum Gasteiger partial charge on any atom is 0.243 e. The highest BCUT2D eigenvalue weighted by Crippen LogP contribution is 2.23. The van der Waals surface area contributed by atoms with E-state index in [4.69, 9.17) is 0 Å². The number of carbonyl (C=O) groups excluding carboxylic acids is 1. The Morgan fingerprint density at radius 1 is 0.867 bits per heavy atom. The summed E-state index contributed by atoms with van der Waals surface area (Å²) in [5.74, 6) is 0.103. The Balaban J connectivity index is 1.70. The molecule has 30 heavy (non-hydrogen) atoms. The summed E-state index contributed by atoms with van der Waals surface area (Å²) < 4.78 is 27.9. The lowest BCUT2D eigenvalue weighted by atomic mass is 10.1. The molecule has 0 bridgehead atoms. The number of rotatable bonds is 6. The summed E-state index contributed by atoms with van der Waals surface area (Å²) in [7, 11) is -3.55. The molecule has 0 radical (unpaired) electrons. The molecule has 1 atom stereocenters. The normalized spacial score (nSPS) is 17.6. The third kappa shape index (κ3) is 4.53. The third-order valence-electron chi connectivity index (χ3n) is 5.90. The van der Waals surface area contributed by atoms with E-state index < -0.39 is 10.0 Å². The second-order valence-corrected chi connectivity index (χ2v) is 10.5. The Labute approximate surface area is 180 Å². The van der Waals surface area contributed by atoms with Gasteiger partial charge < -0.3 is 4.90 Å². The summed E-state index contributed by atoms with van der Waals surface area (Å²) in [6, 6.07) is 13.0. The lowest BCUT2D eigenvalue weighted by Gasteiger charge is -2.40. The minimum Gasteiger partial charge on any atom is -0.336 e. The Morgan fingerprint density at radius 3 is 2.00 bits per heavy atom. The van der Waals surface area contributed by atoms with Crippen LogP contribution in [-0.4, -0.2) is 72.7 Å². The van der Waals surface area contributed by atoms with Crippen molar-refractivity contribution in [3.8, 4) is 0 Å². The van der Waals surface area contributed by atoms with E-state index >= 15 is 0 Å². The molecular formula is C23H33N3O3S. The molecule has 3 rings (SSSR count). The predicted molar refractivity (Wildman–Crippen MR) is 121 cm³/mol. The van der Waals surface area contributed by atoms with Crippen molar-refractivity contribution in [3.05, 3.63) is 42.5 Å². The van der Waals surface area contributed by atoms with Gasteiger partial charge >= 0.3 is 0 Å². The fraction of sp³-hybridized carbons (Fsp3) is 0.522. The van der Waals surface area contributed by atoms with E-state index in [1.54, 1.807) is 12.1 Å². The number of fused-ring (bicyclic) bond motifs is 1. The van der Waals surface area contributed by atoms with E-state index in [0.29, 0.717) is 31.1 Å². The molecule has 2 aromatic carbocycles. The molecule has 7 heteroatoms. The van der Waals surface area contributed by atoms with Crippen LogP contribution in [0.25, 0.3) is 10.8 Å².